The van der Waals surface area contributed by atoms with E-state index in [2.05, 4.69) is 18.6 Å². The summed E-state index contributed by atoms with van der Waals surface area (Å²) in [5.74, 6) is 0. The van der Waals surface area contributed by atoms with Gasteiger partial charge in [0.15, 0.2) is 0 Å². The molecule has 2 nitrogen and oxygen atoms in total. The van der Waals surface area contributed by atoms with Crippen molar-refractivity contribution < 1.29 is 0 Å². The topological polar surface area (TPSA) is 38.4 Å². The zero-order valence-corrected chi connectivity index (χ0v) is 5.59. The molecule has 0 aliphatic rings. The minimum Gasteiger partial charge on any atom is -0.326 e. The van der Waals surface area contributed by atoms with Gasteiger partial charge in [-0.2, -0.15) is 0 Å². The molecule has 0 aromatic heterocycles. The van der Waals surface area contributed by atoms with Gasteiger partial charge < -0.3 is 5.73 Å². The Hall–Kier alpha value is -0.370. The second-order valence-electron chi connectivity index (χ2n) is 2.02. The first-order chi connectivity index (χ1) is 3.72. The molecule has 0 aromatic rings. The first-order valence-electron chi connectivity index (χ1n) is 2.93. The molecule has 0 aromatic carbocycles. The largest absolute Gasteiger partial charge is 0.326 e. The van der Waals surface area contributed by atoms with E-state index in [9.17, 15) is 0 Å². The minimum absolute atomic E-state index is 0.150. The Morgan fingerprint density at radius 3 is 2.25 bits per heavy atom. The molecular weight excluding hydrogens is 100 g/mol. The van der Waals surface area contributed by atoms with E-state index in [-0.39, 0.29) is 12.1 Å². The molecule has 0 bridgehead atoms. The van der Waals surface area contributed by atoms with Gasteiger partial charge in [-0.3, -0.25) is 4.99 Å². The van der Waals surface area contributed by atoms with Gasteiger partial charge in [0.05, 0.1) is 6.04 Å². The summed E-state index contributed by atoms with van der Waals surface area (Å²) in [6, 6.07) is 0.396. The molecule has 2 heteroatoms. The summed E-state index contributed by atoms with van der Waals surface area (Å²) in [6.07, 6.45) is 0.987. The van der Waals surface area contributed by atoms with Gasteiger partial charge in [-0.05, 0) is 20.1 Å². The fourth-order valence-corrected chi connectivity index (χ4v) is 0.667. The van der Waals surface area contributed by atoms with Crippen molar-refractivity contribution in [3.05, 3.63) is 0 Å². The number of hydrogen-bond acceptors (Lipinski definition) is 2. The second-order valence-corrected chi connectivity index (χ2v) is 2.02. The molecule has 0 aliphatic carbocycles. The number of nitrogens with zero attached hydrogens (tertiary/aromatic N) is 1. The number of aliphatic imine (C=N–C) groups is 1. The molecule has 1 unspecified atom stereocenters. The van der Waals surface area contributed by atoms with Gasteiger partial charge in [0.1, 0.15) is 0 Å². The molecule has 0 rings (SSSR count). The third-order valence-electron chi connectivity index (χ3n) is 1.26. The molecule has 0 fully saturated rings. The quantitative estimate of drug-likeness (QED) is 0.542. The van der Waals surface area contributed by atoms with Crippen molar-refractivity contribution in [2.24, 2.45) is 10.7 Å². The number of hydrogen-bond donors (Lipinski definition) is 1. The molecule has 0 spiro atoms. The Bertz CT molecular complexity index is 68.9. The maximum Gasteiger partial charge on any atom is 0.0637 e. The first kappa shape index (κ1) is 7.63. The molecule has 0 saturated heterocycles. The molecule has 0 radical (unpaired) electrons. The van der Waals surface area contributed by atoms with Crippen LogP contribution in [0.25, 0.3) is 0 Å². The lowest BCUT2D eigenvalue weighted by atomic mass is 10.1. The smallest absolute Gasteiger partial charge is 0.0637 e. The lowest BCUT2D eigenvalue weighted by Crippen LogP contribution is -2.29. The third-order valence-corrected chi connectivity index (χ3v) is 1.26. The fourth-order valence-electron chi connectivity index (χ4n) is 0.667. The van der Waals surface area contributed by atoms with Gasteiger partial charge >= 0.3 is 0 Å². The highest BCUT2D eigenvalue weighted by Crippen LogP contribution is 1.98. The maximum absolute atomic E-state index is 5.52. The highest BCUT2D eigenvalue weighted by Gasteiger charge is 2.05. The van der Waals surface area contributed by atoms with Crippen molar-refractivity contribution in [3.63, 3.8) is 0 Å². The van der Waals surface area contributed by atoms with Crippen LogP contribution < -0.4 is 5.73 Å². The molecule has 48 valence electrons. The van der Waals surface area contributed by atoms with Crippen LogP contribution in [0.1, 0.15) is 20.3 Å². The van der Waals surface area contributed by atoms with Crippen molar-refractivity contribution in [1.29, 1.82) is 0 Å². The van der Waals surface area contributed by atoms with Gasteiger partial charge in [0, 0.05) is 6.04 Å². The normalized spacial score (nSPS) is 17.4. The van der Waals surface area contributed by atoms with Crippen molar-refractivity contribution >= 4 is 6.72 Å². The standard InChI is InChI=1S/C6H14N2/c1-4-6(8-3)5(2)7/h5-6H,3-4,7H2,1-2H3/t5-,6?/m1/s1. The highest BCUT2D eigenvalue weighted by atomic mass is 14.8. The van der Waals surface area contributed by atoms with Crippen LogP contribution in [0.4, 0.5) is 0 Å². The van der Waals surface area contributed by atoms with Crippen molar-refractivity contribution in [2.75, 3.05) is 0 Å². The van der Waals surface area contributed by atoms with Crippen LogP contribution in [0, 0.1) is 0 Å². The predicted octanol–water partition coefficient (Wildman–Crippen LogP) is 0.813. The Morgan fingerprint density at radius 2 is 2.25 bits per heavy atom. The van der Waals surface area contributed by atoms with Gasteiger partial charge in [0.2, 0.25) is 0 Å². The van der Waals surface area contributed by atoms with Gasteiger partial charge in [-0.15, -0.1) is 0 Å². The van der Waals surface area contributed by atoms with Gasteiger partial charge in [0.25, 0.3) is 0 Å². The van der Waals surface area contributed by atoms with Gasteiger partial charge in [-0.25, -0.2) is 0 Å². The van der Waals surface area contributed by atoms with E-state index in [1.165, 1.54) is 0 Å². The molecule has 0 aliphatic heterocycles. The van der Waals surface area contributed by atoms with Crippen LogP contribution >= 0.6 is 0 Å². The van der Waals surface area contributed by atoms with E-state index in [0.29, 0.717) is 0 Å². The Kier molecular flexibility index (Phi) is 3.44. The predicted molar refractivity (Wildman–Crippen MR) is 37.3 cm³/mol. The summed E-state index contributed by atoms with van der Waals surface area (Å²) < 4.78 is 0. The summed E-state index contributed by atoms with van der Waals surface area (Å²) in [5, 5.41) is 0. The Morgan fingerprint density at radius 1 is 1.75 bits per heavy atom. The van der Waals surface area contributed by atoms with E-state index in [1.54, 1.807) is 0 Å². The zero-order chi connectivity index (χ0) is 6.57. The molecular formula is C6H14N2. The lowest BCUT2D eigenvalue weighted by molar-refractivity contribution is 0.551. The molecule has 2 atom stereocenters. The van der Waals surface area contributed by atoms with E-state index in [4.69, 9.17) is 5.73 Å². The van der Waals surface area contributed by atoms with Crippen LogP contribution in [0.5, 0.6) is 0 Å². The Balaban J connectivity index is 3.51. The van der Waals surface area contributed by atoms with Crippen molar-refractivity contribution in [1.82, 2.24) is 0 Å². The second kappa shape index (κ2) is 3.61. The van der Waals surface area contributed by atoms with Gasteiger partial charge in [-0.1, -0.05) is 6.92 Å². The van der Waals surface area contributed by atoms with E-state index in [1.807, 2.05) is 6.92 Å². The van der Waals surface area contributed by atoms with Crippen LogP contribution in [0.3, 0.4) is 0 Å². The first-order valence-corrected chi connectivity index (χ1v) is 2.93. The zero-order valence-electron chi connectivity index (χ0n) is 5.59. The van der Waals surface area contributed by atoms with E-state index >= 15 is 0 Å². The molecule has 0 heterocycles. The van der Waals surface area contributed by atoms with E-state index in [0.717, 1.165) is 6.42 Å². The molecule has 0 saturated carbocycles. The van der Waals surface area contributed by atoms with Crippen molar-refractivity contribution in [2.45, 2.75) is 32.4 Å². The Labute approximate surface area is 50.8 Å². The molecule has 0 amide bonds. The average Bonchev–Trinajstić information content (AvgIpc) is 1.69. The summed E-state index contributed by atoms with van der Waals surface area (Å²) >= 11 is 0. The number of nitrogens with two attached hydrogens (primary N) is 1. The third kappa shape index (κ3) is 2.07. The van der Waals surface area contributed by atoms with Crippen LogP contribution in [-0.2, 0) is 0 Å². The van der Waals surface area contributed by atoms with Crippen LogP contribution in [0.2, 0.25) is 0 Å². The highest BCUT2D eigenvalue weighted by molar-refractivity contribution is 5.24. The van der Waals surface area contributed by atoms with Crippen molar-refractivity contribution in [3.8, 4) is 0 Å². The summed E-state index contributed by atoms with van der Waals surface area (Å²) in [6.45, 7) is 7.43. The summed E-state index contributed by atoms with van der Waals surface area (Å²) in [5.41, 5.74) is 5.52. The monoisotopic (exact) mass is 114 g/mol. The minimum atomic E-state index is 0.150. The molecule has 8 heavy (non-hydrogen) atoms. The van der Waals surface area contributed by atoms with Crippen LogP contribution in [-0.4, -0.2) is 18.8 Å². The van der Waals surface area contributed by atoms with E-state index < -0.39 is 0 Å². The number of rotatable bonds is 3. The average molecular weight is 114 g/mol. The van der Waals surface area contributed by atoms with Crippen LogP contribution in [0.15, 0.2) is 4.99 Å². The molecule has 2 N–H and O–H groups in total. The summed E-state index contributed by atoms with van der Waals surface area (Å²) in [4.78, 5) is 3.83. The summed E-state index contributed by atoms with van der Waals surface area (Å²) in [7, 11) is 0. The lowest BCUT2D eigenvalue weighted by Gasteiger charge is -2.11. The SMILES string of the molecule is C=NC(CC)[C@@H](C)N. The maximum atomic E-state index is 5.52. The fraction of sp³-hybridized carbons (Fsp3) is 0.833.